The molecule has 0 fully saturated rings. The molecule has 1 atom stereocenters. The Morgan fingerprint density at radius 1 is 1.23 bits per heavy atom. The molecule has 136 valence electrons. The van der Waals surface area contributed by atoms with Crippen LogP contribution in [0.2, 0.25) is 0 Å². The second-order valence-electron chi connectivity index (χ2n) is 5.68. The number of aromatic amines is 1. The molecule has 26 heavy (non-hydrogen) atoms. The third kappa shape index (κ3) is 4.16. The SMILES string of the molecule is O=C(O)NC(Cc1ccc(Br)cc1)c1nc2ccc(C(F)(F)F)cc2[nH]1. The molecule has 1 amide bonds. The van der Waals surface area contributed by atoms with Crippen molar-refractivity contribution in [3.63, 3.8) is 0 Å². The highest BCUT2D eigenvalue weighted by atomic mass is 79.9. The lowest BCUT2D eigenvalue weighted by Crippen LogP contribution is -2.29. The van der Waals surface area contributed by atoms with Crippen molar-refractivity contribution in [3.8, 4) is 0 Å². The first-order valence-corrected chi connectivity index (χ1v) is 8.32. The Kier molecular flexibility index (Phi) is 4.90. The maximum Gasteiger partial charge on any atom is 0.416 e. The molecule has 1 heterocycles. The van der Waals surface area contributed by atoms with E-state index in [0.717, 1.165) is 22.2 Å². The van der Waals surface area contributed by atoms with Crippen LogP contribution in [0.3, 0.4) is 0 Å². The molecule has 0 saturated carbocycles. The van der Waals surface area contributed by atoms with Gasteiger partial charge in [0.2, 0.25) is 0 Å². The fourth-order valence-corrected chi connectivity index (χ4v) is 2.86. The number of benzene rings is 2. The highest BCUT2D eigenvalue weighted by molar-refractivity contribution is 9.10. The Morgan fingerprint density at radius 2 is 1.92 bits per heavy atom. The molecule has 1 aromatic heterocycles. The third-order valence-electron chi connectivity index (χ3n) is 3.81. The van der Waals surface area contributed by atoms with E-state index < -0.39 is 23.9 Å². The van der Waals surface area contributed by atoms with Crippen LogP contribution in [-0.4, -0.2) is 21.2 Å². The summed E-state index contributed by atoms with van der Waals surface area (Å²) >= 11 is 3.32. The molecule has 0 aliphatic heterocycles. The summed E-state index contributed by atoms with van der Waals surface area (Å²) in [5.74, 6) is 0.254. The molecular formula is C17H13BrF3N3O2. The van der Waals surface area contributed by atoms with Gasteiger partial charge in [-0.15, -0.1) is 0 Å². The Balaban J connectivity index is 1.95. The van der Waals surface area contributed by atoms with Gasteiger partial charge in [0.1, 0.15) is 5.82 Å². The lowest BCUT2D eigenvalue weighted by molar-refractivity contribution is -0.137. The average molecular weight is 428 g/mol. The van der Waals surface area contributed by atoms with Crippen molar-refractivity contribution in [3.05, 3.63) is 63.9 Å². The first-order chi connectivity index (χ1) is 12.2. The molecule has 5 nitrogen and oxygen atoms in total. The van der Waals surface area contributed by atoms with Crippen LogP contribution in [0.1, 0.15) is 23.0 Å². The summed E-state index contributed by atoms with van der Waals surface area (Å²) < 4.78 is 39.4. The Hall–Kier alpha value is -2.55. The highest BCUT2D eigenvalue weighted by Crippen LogP contribution is 2.31. The van der Waals surface area contributed by atoms with Gasteiger partial charge in [-0.3, -0.25) is 0 Å². The normalized spacial score (nSPS) is 12.9. The van der Waals surface area contributed by atoms with E-state index >= 15 is 0 Å². The molecule has 0 radical (unpaired) electrons. The first kappa shape index (κ1) is 18.2. The van der Waals surface area contributed by atoms with Crippen LogP contribution >= 0.6 is 15.9 Å². The highest BCUT2D eigenvalue weighted by Gasteiger charge is 2.31. The van der Waals surface area contributed by atoms with Crippen molar-refractivity contribution >= 4 is 33.1 Å². The number of aromatic nitrogens is 2. The van der Waals surface area contributed by atoms with Gasteiger partial charge in [0, 0.05) is 10.9 Å². The molecule has 3 rings (SSSR count). The van der Waals surface area contributed by atoms with E-state index in [1.165, 1.54) is 6.07 Å². The molecule has 0 bridgehead atoms. The predicted molar refractivity (Wildman–Crippen MR) is 92.8 cm³/mol. The number of halogens is 4. The lowest BCUT2D eigenvalue weighted by atomic mass is 10.1. The van der Waals surface area contributed by atoms with Crippen LogP contribution in [0.15, 0.2) is 46.9 Å². The second kappa shape index (κ2) is 6.99. The van der Waals surface area contributed by atoms with Gasteiger partial charge in [0.05, 0.1) is 22.6 Å². The second-order valence-corrected chi connectivity index (χ2v) is 6.60. The predicted octanol–water partition coefficient (Wildman–Crippen LogP) is 4.90. The summed E-state index contributed by atoms with van der Waals surface area (Å²) in [5, 5.41) is 11.4. The van der Waals surface area contributed by atoms with Gasteiger partial charge in [-0.1, -0.05) is 28.1 Å². The summed E-state index contributed by atoms with van der Waals surface area (Å²) in [7, 11) is 0. The number of hydrogen-bond acceptors (Lipinski definition) is 2. The van der Waals surface area contributed by atoms with E-state index in [1.807, 2.05) is 24.3 Å². The van der Waals surface area contributed by atoms with E-state index in [1.54, 1.807) is 0 Å². The van der Waals surface area contributed by atoms with Crippen LogP contribution in [0.25, 0.3) is 11.0 Å². The molecular weight excluding hydrogens is 415 g/mol. The maximum atomic E-state index is 12.8. The molecule has 9 heteroatoms. The number of amides is 1. The van der Waals surface area contributed by atoms with Crippen molar-refractivity contribution in [2.75, 3.05) is 0 Å². The number of alkyl halides is 3. The van der Waals surface area contributed by atoms with Crippen LogP contribution < -0.4 is 5.32 Å². The number of H-pyrrole nitrogens is 1. The molecule has 0 spiro atoms. The molecule has 0 saturated heterocycles. The maximum absolute atomic E-state index is 12.8. The zero-order chi connectivity index (χ0) is 18.9. The fourth-order valence-electron chi connectivity index (χ4n) is 2.59. The van der Waals surface area contributed by atoms with Crippen LogP contribution in [-0.2, 0) is 12.6 Å². The van der Waals surface area contributed by atoms with Gasteiger partial charge in [0.25, 0.3) is 0 Å². The summed E-state index contributed by atoms with van der Waals surface area (Å²) in [6.07, 6.45) is -5.41. The van der Waals surface area contributed by atoms with Gasteiger partial charge < -0.3 is 15.4 Å². The molecule has 0 aliphatic carbocycles. The number of carboxylic acid groups (broad SMARTS) is 1. The van der Waals surface area contributed by atoms with Crippen molar-refractivity contribution in [2.24, 2.45) is 0 Å². The van der Waals surface area contributed by atoms with Crippen LogP contribution in [0.5, 0.6) is 0 Å². The first-order valence-electron chi connectivity index (χ1n) is 7.53. The number of fused-ring (bicyclic) bond motifs is 1. The zero-order valence-electron chi connectivity index (χ0n) is 13.1. The summed E-state index contributed by atoms with van der Waals surface area (Å²) in [6, 6.07) is 9.73. The zero-order valence-corrected chi connectivity index (χ0v) is 14.7. The molecule has 0 aliphatic rings. The van der Waals surface area contributed by atoms with Gasteiger partial charge >= 0.3 is 12.3 Å². The van der Waals surface area contributed by atoms with Crippen LogP contribution in [0, 0.1) is 0 Å². The van der Waals surface area contributed by atoms with E-state index in [4.69, 9.17) is 5.11 Å². The minimum Gasteiger partial charge on any atom is -0.465 e. The van der Waals surface area contributed by atoms with Gasteiger partial charge in [-0.05, 0) is 35.9 Å². The Bertz CT molecular complexity index is 939. The standard InChI is InChI=1S/C17H13BrF3N3O2/c18-11-4-1-9(2-5-11)7-14(24-16(25)26)15-22-12-6-3-10(17(19,20)21)8-13(12)23-15/h1-6,8,14,24H,7H2,(H,22,23)(H,25,26). The number of nitrogens with zero attached hydrogens (tertiary/aromatic N) is 1. The third-order valence-corrected chi connectivity index (χ3v) is 4.34. The van der Waals surface area contributed by atoms with Crippen molar-refractivity contribution < 1.29 is 23.1 Å². The summed E-state index contributed by atoms with van der Waals surface area (Å²) in [5.41, 5.74) is 0.586. The largest absolute Gasteiger partial charge is 0.465 e. The molecule has 3 aromatic rings. The molecule has 3 N–H and O–H groups in total. The van der Waals surface area contributed by atoms with Crippen LogP contribution in [0.4, 0.5) is 18.0 Å². The smallest absolute Gasteiger partial charge is 0.416 e. The quantitative estimate of drug-likeness (QED) is 0.554. The number of nitrogens with one attached hydrogen (secondary N) is 2. The van der Waals surface area contributed by atoms with Crippen molar-refractivity contribution in [1.29, 1.82) is 0 Å². The fraction of sp³-hybridized carbons (Fsp3) is 0.176. The Labute approximate surface area is 154 Å². The number of imidazole rings is 1. The Morgan fingerprint density at radius 3 is 2.54 bits per heavy atom. The molecule has 1 unspecified atom stereocenters. The topological polar surface area (TPSA) is 78.0 Å². The van der Waals surface area contributed by atoms with Gasteiger partial charge in [-0.2, -0.15) is 13.2 Å². The van der Waals surface area contributed by atoms with Crippen molar-refractivity contribution in [2.45, 2.75) is 18.6 Å². The van der Waals surface area contributed by atoms with E-state index in [9.17, 15) is 18.0 Å². The van der Waals surface area contributed by atoms with E-state index in [-0.39, 0.29) is 11.3 Å². The average Bonchev–Trinajstić information content (AvgIpc) is 2.98. The minimum atomic E-state index is -4.46. The van der Waals surface area contributed by atoms with E-state index in [2.05, 4.69) is 31.2 Å². The number of carbonyl (C=O) groups is 1. The minimum absolute atomic E-state index is 0.197. The van der Waals surface area contributed by atoms with Gasteiger partial charge in [-0.25, -0.2) is 9.78 Å². The van der Waals surface area contributed by atoms with Gasteiger partial charge in [0.15, 0.2) is 0 Å². The summed E-state index contributed by atoms with van der Waals surface area (Å²) in [6.45, 7) is 0. The van der Waals surface area contributed by atoms with Crippen molar-refractivity contribution in [1.82, 2.24) is 15.3 Å². The number of rotatable bonds is 4. The summed E-state index contributed by atoms with van der Waals surface area (Å²) in [4.78, 5) is 18.2. The monoisotopic (exact) mass is 427 g/mol. The molecule has 2 aromatic carbocycles. The van der Waals surface area contributed by atoms with E-state index in [0.29, 0.717) is 11.9 Å². The lowest BCUT2D eigenvalue weighted by Gasteiger charge is -2.14. The number of hydrogen-bond donors (Lipinski definition) is 3.